The molecule has 2 rings (SSSR count). The van der Waals surface area contributed by atoms with Crippen LogP contribution in [-0.4, -0.2) is 14.5 Å². The van der Waals surface area contributed by atoms with E-state index in [0.717, 1.165) is 19.3 Å². The first-order chi connectivity index (χ1) is 7.47. The minimum Gasteiger partial charge on any atom is -0.489 e. The van der Waals surface area contributed by atoms with Gasteiger partial charge in [-0.2, -0.15) is 0 Å². The molecule has 0 heterocycles. The topological polar surface area (TPSA) is 95.4 Å². The molecule has 0 unspecified atom stereocenters. The third-order valence-electron chi connectivity index (χ3n) is 2.62. The van der Waals surface area contributed by atoms with E-state index in [1.165, 1.54) is 6.07 Å². The van der Waals surface area contributed by atoms with Crippen molar-refractivity contribution < 1.29 is 13.2 Å². The predicted octanol–water partition coefficient (Wildman–Crippen LogP) is 0.847. The van der Waals surface area contributed by atoms with Crippen LogP contribution in [0.2, 0.25) is 0 Å². The minimum atomic E-state index is -3.79. The summed E-state index contributed by atoms with van der Waals surface area (Å²) in [5.41, 5.74) is 5.88. The van der Waals surface area contributed by atoms with Gasteiger partial charge in [-0.1, -0.05) is 0 Å². The van der Waals surface area contributed by atoms with Gasteiger partial charge in [-0.25, -0.2) is 13.6 Å². The number of ether oxygens (including phenoxy) is 1. The molecule has 16 heavy (non-hydrogen) atoms. The summed E-state index contributed by atoms with van der Waals surface area (Å²) in [5, 5.41) is 5.10. The molecule has 1 aromatic carbocycles. The summed E-state index contributed by atoms with van der Waals surface area (Å²) in [6.45, 7) is 0. The van der Waals surface area contributed by atoms with Gasteiger partial charge in [0.25, 0.3) is 0 Å². The van der Waals surface area contributed by atoms with Crippen LogP contribution in [0.3, 0.4) is 0 Å². The van der Waals surface area contributed by atoms with Crippen molar-refractivity contribution in [3.8, 4) is 5.75 Å². The third kappa shape index (κ3) is 2.28. The van der Waals surface area contributed by atoms with E-state index in [2.05, 4.69) is 0 Å². The Morgan fingerprint density at radius 2 is 2.00 bits per heavy atom. The van der Waals surface area contributed by atoms with Crippen molar-refractivity contribution in [2.45, 2.75) is 30.3 Å². The summed E-state index contributed by atoms with van der Waals surface area (Å²) in [7, 11) is -3.79. The number of rotatable bonds is 3. The van der Waals surface area contributed by atoms with Crippen molar-refractivity contribution in [2.24, 2.45) is 5.14 Å². The predicted molar refractivity (Wildman–Crippen MR) is 60.5 cm³/mol. The lowest BCUT2D eigenvalue weighted by Gasteiger charge is -2.27. The Bertz CT molecular complexity index is 495. The second-order valence-electron chi connectivity index (χ2n) is 3.92. The minimum absolute atomic E-state index is 0.0422. The van der Waals surface area contributed by atoms with Gasteiger partial charge < -0.3 is 10.5 Å². The molecule has 88 valence electrons. The van der Waals surface area contributed by atoms with Crippen LogP contribution in [0.15, 0.2) is 23.1 Å². The number of sulfonamides is 1. The standard InChI is InChI=1S/C10H14N2O3S/c11-7-4-5-9(15-8-2-1-3-8)10(6-7)16(12,13)14/h4-6,8H,1-3,11H2,(H2,12,13,14). The van der Waals surface area contributed by atoms with Crippen LogP contribution >= 0.6 is 0 Å². The van der Waals surface area contributed by atoms with Crippen molar-refractivity contribution in [3.05, 3.63) is 18.2 Å². The number of hydrogen-bond donors (Lipinski definition) is 2. The Balaban J connectivity index is 2.35. The van der Waals surface area contributed by atoms with Gasteiger partial charge in [0.15, 0.2) is 0 Å². The van der Waals surface area contributed by atoms with Crippen LogP contribution in [0.5, 0.6) is 5.75 Å². The van der Waals surface area contributed by atoms with Crippen LogP contribution < -0.4 is 15.6 Å². The highest BCUT2D eigenvalue weighted by molar-refractivity contribution is 7.89. The van der Waals surface area contributed by atoms with E-state index < -0.39 is 10.0 Å². The van der Waals surface area contributed by atoms with Gasteiger partial charge in [-0.3, -0.25) is 0 Å². The van der Waals surface area contributed by atoms with E-state index in [0.29, 0.717) is 11.4 Å². The molecule has 1 aromatic rings. The zero-order chi connectivity index (χ0) is 11.8. The molecule has 0 amide bonds. The lowest BCUT2D eigenvalue weighted by molar-refractivity contribution is 0.116. The highest BCUT2D eigenvalue weighted by Gasteiger charge is 2.23. The molecule has 0 spiro atoms. The average molecular weight is 242 g/mol. The Morgan fingerprint density at radius 1 is 1.31 bits per heavy atom. The van der Waals surface area contributed by atoms with Crippen LogP contribution in [-0.2, 0) is 10.0 Å². The van der Waals surface area contributed by atoms with Gasteiger partial charge in [-0.05, 0) is 37.5 Å². The Kier molecular flexibility index (Phi) is 2.77. The van der Waals surface area contributed by atoms with Gasteiger partial charge in [-0.15, -0.1) is 0 Å². The first-order valence-corrected chi connectivity index (χ1v) is 6.60. The fourth-order valence-electron chi connectivity index (χ4n) is 1.51. The fraction of sp³-hybridized carbons (Fsp3) is 0.400. The Hall–Kier alpha value is -1.27. The SMILES string of the molecule is Nc1ccc(OC2CCC2)c(S(N)(=O)=O)c1. The maximum atomic E-state index is 11.3. The monoisotopic (exact) mass is 242 g/mol. The summed E-state index contributed by atoms with van der Waals surface area (Å²) in [5.74, 6) is 0.293. The second-order valence-corrected chi connectivity index (χ2v) is 5.45. The number of primary sulfonamides is 1. The first-order valence-electron chi connectivity index (χ1n) is 5.06. The molecular formula is C10H14N2O3S. The van der Waals surface area contributed by atoms with Crippen molar-refractivity contribution in [2.75, 3.05) is 5.73 Å². The maximum Gasteiger partial charge on any atom is 0.241 e. The van der Waals surface area contributed by atoms with Crippen molar-refractivity contribution >= 4 is 15.7 Å². The number of nitrogen functional groups attached to an aromatic ring is 1. The third-order valence-corrected chi connectivity index (χ3v) is 3.55. The zero-order valence-corrected chi connectivity index (χ0v) is 9.53. The van der Waals surface area contributed by atoms with Gasteiger partial charge in [0, 0.05) is 5.69 Å². The lowest BCUT2D eigenvalue weighted by atomic mass is 9.96. The van der Waals surface area contributed by atoms with E-state index in [1.54, 1.807) is 12.1 Å². The molecule has 0 atom stereocenters. The number of benzene rings is 1. The van der Waals surface area contributed by atoms with Gasteiger partial charge >= 0.3 is 0 Å². The summed E-state index contributed by atoms with van der Waals surface area (Å²) in [6.07, 6.45) is 3.12. The molecule has 0 aliphatic heterocycles. The molecule has 6 heteroatoms. The largest absolute Gasteiger partial charge is 0.489 e. The summed E-state index contributed by atoms with van der Waals surface area (Å²) in [4.78, 5) is -0.0422. The molecule has 1 saturated carbocycles. The number of nitrogens with two attached hydrogens (primary N) is 2. The van der Waals surface area contributed by atoms with Crippen LogP contribution in [0.1, 0.15) is 19.3 Å². The molecule has 1 fully saturated rings. The molecule has 1 aliphatic carbocycles. The van der Waals surface area contributed by atoms with E-state index >= 15 is 0 Å². The normalized spacial score (nSPS) is 16.8. The number of anilines is 1. The van der Waals surface area contributed by atoms with Gasteiger partial charge in [0.1, 0.15) is 10.6 Å². The lowest BCUT2D eigenvalue weighted by Crippen LogP contribution is -2.26. The number of hydrogen-bond acceptors (Lipinski definition) is 4. The Morgan fingerprint density at radius 3 is 2.50 bits per heavy atom. The first kappa shape index (κ1) is 11.2. The molecular weight excluding hydrogens is 228 g/mol. The van der Waals surface area contributed by atoms with Crippen molar-refractivity contribution in [1.82, 2.24) is 0 Å². The van der Waals surface area contributed by atoms with Crippen molar-refractivity contribution in [1.29, 1.82) is 0 Å². The van der Waals surface area contributed by atoms with Crippen LogP contribution in [0, 0.1) is 0 Å². The molecule has 4 N–H and O–H groups in total. The average Bonchev–Trinajstić information content (AvgIpc) is 2.11. The molecule has 5 nitrogen and oxygen atoms in total. The Labute approximate surface area is 94.4 Å². The van der Waals surface area contributed by atoms with E-state index in [1.807, 2.05) is 0 Å². The van der Waals surface area contributed by atoms with E-state index in [9.17, 15) is 8.42 Å². The molecule has 0 bridgehead atoms. The zero-order valence-electron chi connectivity index (χ0n) is 8.72. The molecule has 1 aliphatic rings. The maximum absolute atomic E-state index is 11.3. The fourth-order valence-corrected chi connectivity index (χ4v) is 2.21. The highest BCUT2D eigenvalue weighted by atomic mass is 32.2. The van der Waals surface area contributed by atoms with Gasteiger partial charge in [0.2, 0.25) is 10.0 Å². The summed E-state index contributed by atoms with van der Waals surface area (Å²) in [6, 6.07) is 4.47. The second kappa shape index (κ2) is 3.95. The van der Waals surface area contributed by atoms with Crippen molar-refractivity contribution in [3.63, 3.8) is 0 Å². The van der Waals surface area contributed by atoms with Crippen LogP contribution in [0.25, 0.3) is 0 Å². The van der Waals surface area contributed by atoms with Gasteiger partial charge in [0.05, 0.1) is 6.10 Å². The molecule has 0 aromatic heterocycles. The summed E-state index contributed by atoms with van der Waals surface area (Å²) >= 11 is 0. The molecule has 0 saturated heterocycles. The van der Waals surface area contributed by atoms with E-state index in [-0.39, 0.29) is 11.0 Å². The smallest absolute Gasteiger partial charge is 0.241 e. The molecule has 0 radical (unpaired) electrons. The highest BCUT2D eigenvalue weighted by Crippen LogP contribution is 2.30. The quantitative estimate of drug-likeness (QED) is 0.768. The van der Waals surface area contributed by atoms with E-state index in [4.69, 9.17) is 15.6 Å². The van der Waals surface area contributed by atoms with Crippen LogP contribution in [0.4, 0.5) is 5.69 Å². The summed E-state index contributed by atoms with van der Waals surface area (Å²) < 4.78 is 28.2.